The highest BCUT2D eigenvalue weighted by Crippen LogP contribution is 2.20. The number of hydrogen-bond acceptors (Lipinski definition) is 4. The molecule has 2 aromatic rings. The van der Waals surface area contributed by atoms with Crippen LogP contribution in [0.3, 0.4) is 0 Å². The Balaban J connectivity index is 1.61. The Kier molecular flexibility index (Phi) is 3.28. The van der Waals surface area contributed by atoms with Gasteiger partial charge in [-0.1, -0.05) is 18.2 Å². The van der Waals surface area contributed by atoms with E-state index in [0.717, 1.165) is 19.5 Å². The highest BCUT2D eigenvalue weighted by atomic mass is 16.1. The highest BCUT2D eigenvalue weighted by Gasteiger charge is 2.25. The van der Waals surface area contributed by atoms with Crippen molar-refractivity contribution in [2.24, 2.45) is 0 Å². The summed E-state index contributed by atoms with van der Waals surface area (Å²) >= 11 is 0. The summed E-state index contributed by atoms with van der Waals surface area (Å²) in [4.78, 5) is 14.3. The smallest absolute Gasteiger partial charge is 0.256 e. The molecule has 6 heteroatoms. The maximum atomic E-state index is 12.1. The molecule has 1 atom stereocenters. The molecular formula is C14H17N5O. The van der Waals surface area contributed by atoms with Crippen LogP contribution in [-0.2, 0) is 0 Å². The predicted octanol–water partition coefficient (Wildman–Crippen LogP) is 1.00. The van der Waals surface area contributed by atoms with E-state index < -0.39 is 0 Å². The van der Waals surface area contributed by atoms with Gasteiger partial charge in [-0.3, -0.25) is 9.89 Å². The molecule has 0 spiro atoms. The van der Waals surface area contributed by atoms with E-state index in [1.165, 1.54) is 11.9 Å². The van der Waals surface area contributed by atoms with Crippen molar-refractivity contribution >= 4 is 17.4 Å². The molecule has 1 amide bonds. The molecular weight excluding hydrogens is 254 g/mol. The van der Waals surface area contributed by atoms with Gasteiger partial charge in [0.1, 0.15) is 11.4 Å². The maximum Gasteiger partial charge on any atom is 0.256 e. The van der Waals surface area contributed by atoms with Crippen LogP contribution in [0, 0.1) is 0 Å². The molecule has 0 saturated carbocycles. The number of nitrogens with one attached hydrogen (secondary N) is 2. The van der Waals surface area contributed by atoms with Crippen molar-refractivity contribution in [2.45, 2.75) is 12.5 Å². The Bertz CT molecular complexity index is 595. The second kappa shape index (κ2) is 5.24. The number of amides is 1. The zero-order valence-corrected chi connectivity index (χ0v) is 11.0. The quantitative estimate of drug-likeness (QED) is 0.777. The summed E-state index contributed by atoms with van der Waals surface area (Å²) < 4.78 is 0. The van der Waals surface area contributed by atoms with Crippen molar-refractivity contribution < 1.29 is 4.79 Å². The van der Waals surface area contributed by atoms with E-state index in [1.54, 1.807) is 0 Å². The van der Waals surface area contributed by atoms with Crippen LogP contribution in [0.25, 0.3) is 0 Å². The van der Waals surface area contributed by atoms with Crippen molar-refractivity contribution in [3.05, 3.63) is 42.1 Å². The third-order valence-electron chi connectivity index (χ3n) is 3.56. The molecule has 0 aliphatic carbocycles. The molecule has 2 heterocycles. The van der Waals surface area contributed by atoms with Crippen LogP contribution in [0.15, 0.2) is 36.5 Å². The summed E-state index contributed by atoms with van der Waals surface area (Å²) in [6, 6.07) is 10.3. The van der Waals surface area contributed by atoms with Gasteiger partial charge >= 0.3 is 0 Å². The summed E-state index contributed by atoms with van der Waals surface area (Å²) in [5.41, 5.74) is 7.24. The number of hydrogen-bond donors (Lipinski definition) is 3. The lowest BCUT2D eigenvalue weighted by molar-refractivity contribution is 0.0941. The standard InChI is InChI=1S/C14H17N5O/c15-13-12(8-16-18-13)14(20)17-10-6-7-19(9-10)11-4-2-1-3-5-11/h1-5,8,10H,6-7,9H2,(H,17,20)(H3,15,16,18). The van der Waals surface area contributed by atoms with Crippen molar-refractivity contribution in [1.29, 1.82) is 0 Å². The average molecular weight is 271 g/mol. The summed E-state index contributed by atoms with van der Waals surface area (Å²) in [5.74, 6) is 0.136. The van der Waals surface area contributed by atoms with Gasteiger partial charge in [0.2, 0.25) is 0 Å². The number of aromatic nitrogens is 2. The van der Waals surface area contributed by atoms with E-state index in [1.807, 2.05) is 18.2 Å². The normalized spacial score (nSPS) is 18.2. The van der Waals surface area contributed by atoms with Crippen molar-refractivity contribution in [3.8, 4) is 0 Å². The number of nitrogen functional groups attached to an aromatic ring is 1. The topological polar surface area (TPSA) is 87.0 Å². The lowest BCUT2D eigenvalue weighted by Gasteiger charge is -2.18. The van der Waals surface area contributed by atoms with E-state index in [2.05, 4.69) is 32.5 Å². The van der Waals surface area contributed by atoms with Gasteiger partial charge in [-0.05, 0) is 18.6 Å². The Labute approximate surface area is 117 Å². The second-order valence-corrected chi connectivity index (χ2v) is 4.94. The van der Waals surface area contributed by atoms with Crippen LogP contribution in [0.5, 0.6) is 0 Å². The second-order valence-electron chi connectivity index (χ2n) is 4.94. The molecule has 1 aromatic carbocycles. The zero-order chi connectivity index (χ0) is 13.9. The first kappa shape index (κ1) is 12.5. The van der Waals surface area contributed by atoms with Crippen molar-refractivity contribution in [3.63, 3.8) is 0 Å². The van der Waals surface area contributed by atoms with Gasteiger partial charge in [0, 0.05) is 24.8 Å². The van der Waals surface area contributed by atoms with Crippen LogP contribution in [0.1, 0.15) is 16.8 Å². The number of carbonyl (C=O) groups excluding carboxylic acids is 1. The molecule has 1 fully saturated rings. The van der Waals surface area contributed by atoms with E-state index >= 15 is 0 Å². The Morgan fingerprint density at radius 1 is 1.40 bits per heavy atom. The Morgan fingerprint density at radius 2 is 2.20 bits per heavy atom. The molecule has 3 rings (SSSR count). The fourth-order valence-corrected chi connectivity index (χ4v) is 2.49. The number of nitrogens with zero attached hydrogens (tertiary/aromatic N) is 2. The third kappa shape index (κ3) is 2.45. The third-order valence-corrected chi connectivity index (χ3v) is 3.56. The van der Waals surface area contributed by atoms with Crippen LogP contribution in [0.2, 0.25) is 0 Å². The Hall–Kier alpha value is -2.50. The molecule has 0 bridgehead atoms. The SMILES string of the molecule is Nc1[nH]ncc1C(=O)NC1CCN(c2ccccc2)C1. The number of nitrogens with two attached hydrogens (primary N) is 1. The molecule has 1 aromatic heterocycles. The fourth-order valence-electron chi connectivity index (χ4n) is 2.49. The summed E-state index contributed by atoms with van der Waals surface area (Å²) in [6.45, 7) is 1.75. The van der Waals surface area contributed by atoms with E-state index in [-0.39, 0.29) is 11.9 Å². The molecule has 0 radical (unpaired) electrons. The van der Waals surface area contributed by atoms with Gasteiger partial charge in [-0.25, -0.2) is 0 Å². The number of H-pyrrole nitrogens is 1. The molecule has 6 nitrogen and oxygen atoms in total. The highest BCUT2D eigenvalue weighted by molar-refractivity contribution is 5.98. The van der Waals surface area contributed by atoms with E-state index in [4.69, 9.17) is 5.73 Å². The minimum Gasteiger partial charge on any atom is -0.383 e. The van der Waals surface area contributed by atoms with E-state index in [9.17, 15) is 4.79 Å². The lowest BCUT2D eigenvalue weighted by atomic mass is 10.2. The van der Waals surface area contributed by atoms with Gasteiger partial charge in [-0.2, -0.15) is 5.10 Å². The molecule has 4 N–H and O–H groups in total. The minimum absolute atomic E-state index is 0.136. The lowest BCUT2D eigenvalue weighted by Crippen LogP contribution is -2.37. The number of para-hydroxylation sites is 1. The van der Waals surface area contributed by atoms with Crippen molar-refractivity contribution in [1.82, 2.24) is 15.5 Å². The number of anilines is 2. The first-order valence-electron chi connectivity index (χ1n) is 6.64. The van der Waals surface area contributed by atoms with Crippen molar-refractivity contribution in [2.75, 3.05) is 23.7 Å². The maximum absolute atomic E-state index is 12.1. The van der Waals surface area contributed by atoms with Gasteiger partial charge in [0.25, 0.3) is 5.91 Å². The monoisotopic (exact) mass is 271 g/mol. The molecule has 1 unspecified atom stereocenters. The van der Waals surface area contributed by atoms with Crippen LogP contribution >= 0.6 is 0 Å². The first-order chi connectivity index (χ1) is 9.74. The average Bonchev–Trinajstić information content (AvgIpc) is 3.09. The van der Waals surface area contributed by atoms with Crippen LogP contribution in [0.4, 0.5) is 11.5 Å². The molecule has 1 aliphatic rings. The molecule has 104 valence electrons. The summed E-state index contributed by atoms with van der Waals surface area (Å²) in [7, 11) is 0. The largest absolute Gasteiger partial charge is 0.383 e. The Morgan fingerprint density at radius 3 is 2.90 bits per heavy atom. The van der Waals surface area contributed by atoms with Gasteiger partial charge in [0.15, 0.2) is 0 Å². The minimum atomic E-state index is -0.170. The van der Waals surface area contributed by atoms with Gasteiger partial charge in [0.05, 0.1) is 6.20 Å². The molecule has 20 heavy (non-hydrogen) atoms. The predicted molar refractivity (Wildman–Crippen MR) is 77.5 cm³/mol. The number of carbonyl (C=O) groups is 1. The fraction of sp³-hybridized carbons (Fsp3) is 0.286. The molecule has 1 aliphatic heterocycles. The summed E-state index contributed by atoms with van der Waals surface area (Å²) in [6.07, 6.45) is 2.38. The van der Waals surface area contributed by atoms with Crippen LogP contribution in [-0.4, -0.2) is 35.2 Å². The zero-order valence-electron chi connectivity index (χ0n) is 11.0. The summed E-state index contributed by atoms with van der Waals surface area (Å²) in [5, 5.41) is 9.33. The van der Waals surface area contributed by atoms with Crippen LogP contribution < -0.4 is 16.0 Å². The van der Waals surface area contributed by atoms with Gasteiger partial charge in [-0.15, -0.1) is 0 Å². The van der Waals surface area contributed by atoms with E-state index in [0.29, 0.717) is 11.4 Å². The number of benzene rings is 1. The first-order valence-corrected chi connectivity index (χ1v) is 6.64. The number of aromatic amines is 1. The molecule has 1 saturated heterocycles. The number of rotatable bonds is 3. The van der Waals surface area contributed by atoms with Gasteiger partial charge < -0.3 is 16.0 Å².